The molecular formula is C40H23N3O. The first-order chi connectivity index (χ1) is 27.2. The number of fused-ring (bicyclic) bond motifs is 9. The van der Waals surface area contributed by atoms with Crippen molar-refractivity contribution in [2.45, 2.75) is 0 Å². The first-order valence-corrected chi connectivity index (χ1v) is 13.8. The Morgan fingerprint density at radius 1 is 0.545 bits per heavy atom. The second-order valence-electron chi connectivity index (χ2n) is 10.4. The summed E-state index contributed by atoms with van der Waals surface area (Å²) in [7, 11) is 0. The molecule has 4 heteroatoms. The van der Waals surface area contributed by atoms with Crippen LogP contribution < -0.4 is 0 Å². The third kappa shape index (κ3) is 3.33. The first kappa shape index (κ1) is 14.5. The van der Waals surface area contributed by atoms with Crippen LogP contribution in [0.5, 0.6) is 0 Å². The van der Waals surface area contributed by atoms with Crippen LogP contribution in [0, 0.1) is 0 Å². The van der Waals surface area contributed by atoms with E-state index in [0.29, 0.717) is 11.0 Å². The second-order valence-corrected chi connectivity index (χ2v) is 10.4. The summed E-state index contributed by atoms with van der Waals surface area (Å²) < 4.78 is 122. The number of hydrogen-bond donors (Lipinski definition) is 0. The average Bonchev–Trinajstić information content (AvgIpc) is 3.77. The highest BCUT2D eigenvalue weighted by atomic mass is 16.3. The number of para-hydroxylation sites is 2. The summed E-state index contributed by atoms with van der Waals surface area (Å²) in [5.74, 6) is -0.0319. The van der Waals surface area contributed by atoms with E-state index in [-0.39, 0.29) is 60.8 Å². The van der Waals surface area contributed by atoms with Crippen molar-refractivity contribution in [3.63, 3.8) is 0 Å². The molecule has 7 aromatic carbocycles. The minimum Gasteiger partial charge on any atom is -0.456 e. The highest BCUT2D eigenvalue weighted by Crippen LogP contribution is 2.38. The Hall–Kier alpha value is -6.00. The third-order valence-electron chi connectivity index (χ3n) is 7.94. The Bertz CT molecular complexity index is 3520. The van der Waals surface area contributed by atoms with Crippen molar-refractivity contribution in [3.05, 3.63) is 139 Å². The number of benzene rings is 7. The van der Waals surface area contributed by atoms with E-state index in [2.05, 4.69) is 0 Å². The van der Waals surface area contributed by atoms with E-state index >= 15 is 0 Å². The molecule has 0 spiro atoms. The maximum atomic E-state index is 9.50. The molecule has 0 atom stereocenters. The molecule has 10 rings (SSSR count). The molecule has 0 bridgehead atoms. The molecule has 10 aromatic rings. The normalized spacial score (nSPS) is 16.2. The lowest BCUT2D eigenvalue weighted by Gasteiger charge is -2.12. The zero-order valence-corrected chi connectivity index (χ0v) is 22.5. The average molecular weight is 575 g/mol. The van der Waals surface area contributed by atoms with Gasteiger partial charge < -0.3 is 4.42 Å². The molecule has 0 N–H and O–H groups in total. The standard InChI is InChI=1S/C40H23N3O/c1-3-11-26-21-36-32(19-24(26)9-1)29-13-6-8-16-35(29)43(36)40-41-34-15-7-5-14-31(34)39(42-40)28-17-18-30-33-20-25-10-2-4-12-27(25)22-38(33)44-37(30)23-28/h1-23H/i2D,4D,5D,7D,10D,12D,14D,15D,17D,18D,20D,22D,23D. The summed E-state index contributed by atoms with van der Waals surface area (Å²) in [4.78, 5) is 9.63. The summed E-state index contributed by atoms with van der Waals surface area (Å²) in [5.41, 5.74) is -0.0829. The SMILES string of the molecule is [2H]c1c([2H])c([2H])c2c(-c3c([2H])c([2H])c4c(oc5c([2H])c6c([2H])c([2H])c([2H])c([2H])c6c([2H])c54)c3[2H])nc(-n3c4ccccc4c4cc5ccccc5cc43)nc2c1[2H]. The van der Waals surface area contributed by atoms with Crippen molar-refractivity contribution in [2.24, 2.45) is 0 Å². The molecule has 0 aliphatic rings. The van der Waals surface area contributed by atoms with E-state index in [0.717, 1.165) is 21.5 Å². The monoisotopic (exact) mass is 574 g/mol. The van der Waals surface area contributed by atoms with Crippen LogP contribution in [-0.2, 0) is 0 Å². The minimum atomic E-state index is -0.615. The fourth-order valence-corrected chi connectivity index (χ4v) is 5.97. The van der Waals surface area contributed by atoms with E-state index in [1.807, 2.05) is 60.7 Å². The van der Waals surface area contributed by atoms with Crippen molar-refractivity contribution in [1.82, 2.24) is 14.5 Å². The largest absolute Gasteiger partial charge is 0.456 e. The Morgan fingerprint density at radius 3 is 2.20 bits per heavy atom. The van der Waals surface area contributed by atoms with Gasteiger partial charge in [-0.3, -0.25) is 4.57 Å². The van der Waals surface area contributed by atoms with Gasteiger partial charge in [-0.15, -0.1) is 0 Å². The van der Waals surface area contributed by atoms with Crippen LogP contribution in [0.15, 0.2) is 144 Å². The van der Waals surface area contributed by atoms with Gasteiger partial charge in [0.1, 0.15) is 11.2 Å². The molecule has 0 saturated heterocycles. The predicted octanol–water partition coefficient (Wildman–Crippen LogP) is 10.6. The van der Waals surface area contributed by atoms with E-state index in [9.17, 15) is 4.11 Å². The summed E-state index contributed by atoms with van der Waals surface area (Å²) in [5, 5.41) is 2.47. The van der Waals surface area contributed by atoms with Crippen LogP contribution in [-0.4, -0.2) is 14.5 Å². The lowest BCUT2D eigenvalue weighted by molar-refractivity contribution is 0.669. The van der Waals surface area contributed by atoms with Gasteiger partial charge >= 0.3 is 0 Å². The molecule has 0 saturated carbocycles. The third-order valence-corrected chi connectivity index (χ3v) is 7.94. The molecule has 3 heterocycles. The summed E-state index contributed by atoms with van der Waals surface area (Å²) >= 11 is 0. The maximum Gasteiger partial charge on any atom is 0.235 e. The molecule has 0 amide bonds. The zero-order chi connectivity index (χ0) is 40.1. The van der Waals surface area contributed by atoms with Crippen molar-refractivity contribution in [1.29, 1.82) is 0 Å². The molecule has 0 aliphatic heterocycles. The van der Waals surface area contributed by atoms with Crippen LogP contribution in [0.4, 0.5) is 0 Å². The number of furan rings is 1. The Morgan fingerprint density at radius 2 is 1.30 bits per heavy atom. The van der Waals surface area contributed by atoms with Gasteiger partial charge in [0.05, 0.1) is 40.1 Å². The van der Waals surface area contributed by atoms with Gasteiger partial charge in [-0.05, 0) is 70.0 Å². The number of rotatable bonds is 2. The highest BCUT2D eigenvalue weighted by Gasteiger charge is 2.18. The van der Waals surface area contributed by atoms with E-state index in [4.69, 9.17) is 28.1 Å². The van der Waals surface area contributed by atoms with Gasteiger partial charge in [-0.1, -0.05) is 90.8 Å². The Kier molecular flexibility index (Phi) is 2.88. The quantitative estimate of drug-likeness (QED) is 0.206. The second kappa shape index (κ2) is 8.76. The van der Waals surface area contributed by atoms with Crippen molar-refractivity contribution >= 4 is 76.2 Å². The van der Waals surface area contributed by atoms with E-state index in [1.54, 1.807) is 4.57 Å². The molecule has 4 nitrogen and oxygen atoms in total. The van der Waals surface area contributed by atoms with Gasteiger partial charge in [0, 0.05) is 32.5 Å². The number of hydrogen-bond acceptors (Lipinski definition) is 3. The summed E-state index contributed by atoms with van der Waals surface area (Å²) in [6.07, 6.45) is 0. The zero-order valence-electron chi connectivity index (χ0n) is 35.5. The van der Waals surface area contributed by atoms with Crippen molar-refractivity contribution in [2.75, 3.05) is 0 Å². The van der Waals surface area contributed by atoms with Gasteiger partial charge in [0.25, 0.3) is 0 Å². The predicted molar refractivity (Wildman–Crippen MR) is 182 cm³/mol. The van der Waals surface area contributed by atoms with Crippen LogP contribution in [0.1, 0.15) is 17.8 Å². The molecule has 0 fully saturated rings. The van der Waals surface area contributed by atoms with Gasteiger partial charge in [-0.2, -0.15) is 0 Å². The molecule has 44 heavy (non-hydrogen) atoms. The fourth-order valence-electron chi connectivity index (χ4n) is 5.97. The molecule has 3 aromatic heterocycles. The topological polar surface area (TPSA) is 43.9 Å². The molecular weight excluding hydrogens is 538 g/mol. The lowest BCUT2D eigenvalue weighted by Crippen LogP contribution is -2.03. The van der Waals surface area contributed by atoms with Crippen LogP contribution >= 0.6 is 0 Å². The Labute approximate surface area is 269 Å². The Balaban J connectivity index is 1.37. The smallest absolute Gasteiger partial charge is 0.235 e. The summed E-state index contributed by atoms with van der Waals surface area (Å²) in [6.45, 7) is 0. The molecule has 204 valence electrons. The van der Waals surface area contributed by atoms with E-state index < -0.39 is 78.6 Å². The van der Waals surface area contributed by atoms with Gasteiger partial charge in [0.15, 0.2) is 0 Å². The maximum absolute atomic E-state index is 9.50. The minimum absolute atomic E-state index is 0.0319. The lowest BCUT2D eigenvalue weighted by atomic mass is 10.0. The van der Waals surface area contributed by atoms with E-state index in [1.165, 1.54) is 0 Å². The van der Waals surface area contributed by atoms with Crippen LogP contribution in [0.3, 0.4) is 0 Å². The molecule has 0 radical (unpaired) electrons. The van der Waals surface area contributed by atoms with Crippen molar-refractivity contribution < 1.29 is 22.2 Å². The van der Waals surface area contributed by atoms with Gasteiger partial charge in [0.2, 0.25) is 5.95 Å². The number of aromatic nitrogens is 3. The first-order valence-electron chi connectivity index (χ1n) is 20.3. The van der Waals surface area contributed by atoms with Gasteiger partial charge in [-0.25, -0.2) is 9.97 Å². The fraction of sp³-hybridized carbons (Fsp3) is 0. The molecule has 0 unspecified atom stereocenters. The summed E-state index contributed by atoms with van der Waals surface area (Å²) in [6, 6.07) is 12.2. The number of nitrogens with zero attached hydrogens (tertiary/aromatic N) is 3. The highest BCUT2D eigenvalue weighted by molar-refractivity contribution is 6.14. The molecule has 0 aliphatic carbocycles. The van der Waals surface area contributed by atoms with Crippen LogP contribution in [0.2, 0.25) is 0 Å². The van der Waals surface area contributed by atoms with Crippen molar-refractivity contribution in [3.8, 4) is 17.2 Å². The van der Waals surface area contributed by atoms with Crippen LogP contribution in [0.25, 0.3) is 93.4 Å².